The monoisotopic (exact) mass is 273 g/mol. The first-order chi connectivity index (χ1) is 9.18. The lowest BCUT2D eigenvalue weighted by Gasteiger charge is -2.22. The van der Waals surface area contributed by atoms with Gasteiger partial charge >= 0.3 is 5.97 Å². The first-order valence-corrected chi connectivity index (χ1v) is 7.05. The van der Waals surface area contributed by atoms with Gasteiger partial charge in [0.15, 0.2) is 0 Å². The Morgan fingerprint density at radius 1 is 1.25 bits per heavy atom. The number of fused-ring (bicyclic) bond motifs is 1. The normalized spacial score (nSPS) is 12.1. The molecule has 20 heavy (non-hydrogen) atoms. The van der Waals surface area contributed by atoms with Crippen LogP contribution in [0.15, 0.2) is 12.1 Å². The minimum absolute atomic E-state index is 0.0894. The predicted octanol–water partition coefficient (Wildman–Crippen LogP) is 4.27. The molecule has 0 aliphatic rings. The Morgan fingerprint density at radius 3 is 2.30 bits per heavy atom. The van der Waals surface area contributed by atoms with Gasteiger partial charge in [-0.05, 0) is 49.4 Å². The molecule has 1 aromatic heterocycles. The molecule has 0 bridgehead atoms. The maximum Gasteiger partial charge on any atom is 0.335 e. The summed E-state index contributed by atoms with van der Waals surface area (Å²) in [5, 5.41) is 10.4. The Balaban J connectivity index is 3.00. The quantitative estimate of drug-likeness (QED) is 0.887. The topological polar surface area (TPSA) is 42.2 Å². The fraction of sp³-hybridized carbons (Fsp3) is 0.471. The second kappa shape index (κ2) is 4.65. The number of carboxylic acids is 1. The van der Waals surface area contributed by atoms with E-state index in [0.717, 1.165) is 17.5 Å². The molecule has 2 aromatic rings. The van der Waals surface area contributed by atoms with Crippen molar-refractivity contribution in [2.45, 2.75) is 53.5 Å². The zero-order valence-electron chi connectivity index (χ0n) is 13.2. The summed E-state index contributed by atoms with van der Waals surface area (Å²) in [5.41, 5.74) is 4.96. The Morgan fingerprint density at radius 2 is 1.85 bits per heavy atom. The number of rotatable bonds is 2. The van der Waals surface area contributed by atoms with Gasteiger partial charge in [0.25, 0.3) is 0 Å². The van der Waals surface area contributed by atoms with E-state index in [1.54, 1.807) is 6.07 Å². The summed E-state index contributed by atoms with van der Waals surface area (Å²) in [6.45, 7) is 13.6. The maximum atomic E-state index is 11.4. The number of hydrogen-bond donors (Lipinski definition) is 1. The molecule has 0 aliphatic heterocycles. The smallest absolute Gasteiger partial charge is 0.335 e. The van der Waals surface area contributed by atoms with E-state index in [-0.39, 0.29) is 5.41 Å². The molecule has 3 heteroatoms. The Bertz CT molecular complexity index is 687. The number of aromatic nitrogens is 1. The highest BCUT2D eigenvalue weighted by Crippen LogP contribution is 2.35. The van der Waals surface area contributed by atoms with Gasteiger partial charge in [0, 0.05) is 17.6 Å². The molecule has 0 radical (unpaired) electrons. The molecule has 1 aromatic carbocycles. The number of carboxylic acid groups (broad SMARTS) is 1. The number of nitrogens with zero attached hydrogens (tertiary/aromatic N) is 1. The molecule has 0 atom stereocenters. The molecule has 108 valence electrons. The van der Waals surface area contributed by atoms with Crippen LogP contribution in [0.5, 0.6) is 0 Å². The van der Waals surface area contributed by atoms with Gasteiger partial charge in [-0.15, -0.1) is 0 Å². The number of benzene rings is 1. The molecule has 0 aliphatic carbocycles. The van der Waals surface area contributed by atoms with Gasteiger partial charge in [-0.1, -0.05) is 20.8 Å². The van der Waals surface area contributed by atoms with Gasteiger partial charge in [0.05, 0.1) is 11.1 Å². The lowest BCUT2D eigenvalue weighted by Crippen LogP contribution is -2.15. The molecule has 0 spiro atoms. The third-order valence-electron chi connectivity index (χ3n) is 4.10. The third-order valence-corrected chi connectivity index (χ3v) is 4.10. The Labute approximate surface area is 120 Å². The summed E-state index contributed by atoms with van der Waals surface area (Å²) in [6, 6.07) is 3.64. The van der Waals surface area contributed by atoms with E-state index in [0.29, 0.717) is 5.56 Å². The van der Waals surface area contributed by atoms with Crippen LogP contribution in [-0.4, -0.2) is 15.6 Å². The zero-order chi connectivity index (χ0) is 15.2. The number of hydrogen-bond acceptors (Lipinski definition) is 1. The summed E-state index contributed by atoms with van der Waals surface area (Å²) in [6.07, 6.45) is 0. The lowest BCUT2D eigenvalue weighted by molar-refractivity contribution is 0.0697. The fourth-order valence-corrected chi connectivity index (χ4v) is 2.87. The minimum Gasteiger partial charge on any atom is -0.478 e. The highest BCUT2D eigenvalue weighted by atomic mass is 16.4. The van der Waals surface area contributed by atoms with Crippen molar-refractivity contribution in [3.05, 3.63) is 34.5 Å². The maximum absolute atomic E-state index is 11.4. The summed E-state index contributed by atoms with van der Waals surface area (Å²) in [4.78, 5) is 11.4. The van der Waals surface area contributed by atoms with Gasteiger partial charge in [-0.25, -0.2) is 4.79 Å². The highest BCUT2D eigenvalue weighted by Gasteiger charge is 2.24. The van der Waals surface area contributed by atoms with Crippen molar-refractivity contribution in [1.82, 2.24) is 4.57 Å². The molecule has 0 amide bonds. The largest absolute Gasteiger partial charge is 0.478 e. The van der Waals surface area contributed by atoms with Crippen LogP contribution >= 0.6 is 0 Å². The minimum atomic E-state index is -0.862. The van der Waals surface area contributed by atoms with E-state index in [9.17, 15) is 9.90 Å². The average Bonchev–Trinajstić information content (AvgIpc) is 2.59. The van der Waals surface area contributed by atoms with Crippen LogP contribution in [0.1, 0.15) is 54.9 Å². The summed E-state index contributed by atoms with van der Waals surface area (Å²) in [5.74, 6) is -0.862. The second-order valence-electron chi connectivity index (χ2n) is 6.43. The summed E-state index contributed by atoms with van der Waals surface area (Å²) in [7, 11) is 0. The van der Waals surface area contributed by atoms with E-state index in [4.69, 9.17) is 0 Å². The van der Waals surface area contributed by atoms with E-state index >= 15 is 0 Å². The molecule has 0 saturated heterocycles. The average molecular weight is 273 g/mol. The van der Waals surface area contributed by atoms with Gasteiger partial charge in [-0.2, -0.15) is 0 Å². The van der Waals surface area contributed by atoms with Crippen LogP contribution in [0.25, 0.3) is 10.9 Å². The molecular formula is C17H23NO2. The Kier molecular flexibility index (Phi) is 3.41. The van der Waals surface area contributed by atoms with Crippen LogP contribution in [0, 0.1) is 13.8 Å². The van der Waals surface area contributed by atoms with E-state index < -0.39 is 5.97 Å². The van der Waals surface area contributed by atoms with Crippen LogP contribution < -0.4 is 0 Å². The van der Waals surface area contributed by atoms with Crippen LogP contribution in [0.3, 0.4) is 0 Å². The highest BCUT2D eigenvalue weighted by molar-refractivity contribution is 5.97. The zero-order valence-corrected chi connectivity index (χ0v) is 13.2. The second-order valence-corrected chi connectivity index (χ2v) is 6.43. The number of aryl methyl sites for hydroxylation is 2. The summed E-state index contributed by atoms with van der Waals surface area (Å²) < 4.78 is 2.29. The third kappa shape index (κ3) is 2.11. The molecule has 0 fully saturated rings. The molecule has 3 nitrogen and oxygen atoms in total. The van der Waals surface area contributed by atoms with Crippen molar-refractivity contribution < 1.29 is 9.90 Å². The van der Waals surface area contributed by atoms with E-state index in [1.165, 1.54) is 16.8 Å². The van der Waals surface area contributed by atoms with Crippen LogP contribution in [0.4, 0.5) is 0 Å². The molecule has 0 saturated carbocycles. The van der Waals surface area contributed by atoms with Crippen molar-refractivity contribution in [2.24, 2.45) is 0 Å². The first kappa shape index (κ1) is 14.6. The van der Waals surface area contributed by atoms with Gasteiger partial charge in [0.1, 0.15) is 0 Å². The van der Waals surface area contributed by atoms with Crippen molar-refractivity contribution in [3.8, 4) is 0 Å². The van der Waals surface area contributed by atoms with Crippen molar-refractivity contribution >= 4 is 16.9 Å². The molecular weight excluding hydrogens is 250 g/mol. The SMILES string of the molecule is CCn1c(C)c(C)c2cc(C(=O)O)cc(C(C)(C)C)c21. The molecule has 2 rings (SSSR count). The molecule has 1 heterocycles. The number of aromatic carboxylic acids is 1. The predicted molar refractivity (Wildman–Crippen MR) is 82.7 cm³/mol. The van der Waals surface area contributed by atoms with Crippen molar-refractivity contribution in [2.75, 3.05) is 0 Å². The van der Waals surface area contributed by atoms with Gasteiger partial charge in [0.2, 0.25) is 0 Å². The van der Waals surface area contributed by atoms with Crippen LogP contribution in [-0.2, 0) is 12.0 Å². The van der Waals surface area contributed by atoms with Gasteiger partial charge < -0.3 is 9.67 Å². The van der Waals surface area contributed by atoms with Gasteiger partial charge in [-0.3, -0.25) is 0 Å². The first-order valence-electron chi connectivity index (χ1n) is 7.05. The van der Waals surface area contributed by atoms with Crippen molar-refractivity contribution in [1.29, 1.82) is 0 Å². The molecule has 1 N–H and O–H groups in total. The lowest BCUT2D eigenvalue weighted by atomic mass is 9.84. The number of carbonyl (C=O) groups is 1. The summed E-state index contributed by atoms with van der Waals surface area (Å²) >= 11 is 0. The van der Waals surface area contributed by atoms with E-state index in [2.05, 4.69) is 46.1 Å². The van der Waals surface area contributed by atoms with Crippen LogP contribution in [0.2, 0.25) is 0 Å². The molecule has 0 unspecified atom stereocenters. The fourth-order valence-electron chi connectivity index (χ4n) is 2.87. The van der Waals surface area contributed by atoms with Crippen molar-refractivity contribution in [3.63, 3.8) is 0 Å². The standard InChI is InChI=1S/C17H23NO2/c1-7-18-11(3)10(2)13-8-12(16(19)20)9-14(15(13)18)17(4,5)6/h8-9H,7H2,1-6H3,(H,19,20). The Hall–Kier alpha value is -1.77. The van der Waals surface area contributed by atoms with E-state index in [1.807, 2.05) is 6.07 Å².